The zero-order chi connectivity index (χ0) is 29.2. The Morgan fingerprint density at radius 3 is 0.919 bits per heavy atom. The average Bonchev–Trinajstić information content (AvgIpc) is 2.64. The highest BCUT2D eigenvalue weighted by molar-refractivity contribution is 7.79. The minimum atomic E-state index is -5.86. The minimum Gasteiger partial charge on any atom is -0.306 e. The maximum Gasteiger partial charge on any atom is 0.412 e. The number of hydrogen-bond donors (Lipinski definition) is 1. The SMILES string of the molecule is NP1(OCC(F)(F)F)=NP(OCC(F)(F)F)(OCC(F)(F)F)=NP(OCC(F)(F)F)(OCC(F)(F)F)=N1. The first kappa shape index (κ1) is 34.4. The largest absolute Gasteiger partial charge is 0.412 e. The van der Waals surface area contributed by atoms with Crippen molar-refractivity contribution in [3.8, 4) is 0 Å². The second kappa shape index (κ2) is 11.5. The van der Waals surface area contributed by atoms with Crippen molar-refractivity contribution in [3.05, 3.63) is 0 Å². The highest BCUT2D eigenvalue weighted by atomic mass is 31.3. The molecule has 0 aromatic heterocycles. The van der Waals surface area contributed by atoms with Crippen LogP contribution in [0, 0.1) is 0 Å². The van der Waals surface area contributed by atoms with Crippen molar-refractivity contribution in [1.29, 1.82) is 0 Å². The number of nitrogens with two attached hydrogens (primary N) is 1. The van der Waals surface area contributed by atoms with Gasteiger partial charge < -0.3 is 4.52 Å². The molecule has 37 heavy (non-hydrogen) atoms. The summed E-state index contributed by atoms with van der Waals surface area (Å²) in [5.74, 6) is 0. The molecule has 0 aromatic rings. The summed E-state index contributed by atoms with van der Waals surface area (Å²) in [6.45, 7) is -13.2. The molecule has 0 aliphatic carbocycles. The molecule has 0 saturated carbocycles. The second-order valence-corrected chi connectivity index (χ2v) is 12.9. The van der Waals surface area contributed by atoms with Crippen LogP contribution in [0.4, 0.5) is 65.9 Å². The Kier molecular flexibility index (Phi) is 10.7. The zero-order valence-electron chi connectivity index (χ0n) is 17.0. The molecule has 0 aromatic carbocycles. The summed E-state index contributed by atoms with van der Waals surface area (Å²) in [7, 11) is -17.2. The van der Waals surface area contributed by atoms with Crippen molar-refractivity contribution in [1.82, 2.24) is 0 Å². The molecule has 1 aliphatic heterocycles. The summed E-state index contributed by atoms with van der Waals surface area (Å²) in [6, 6.07) is 0. The number of halogens is 15. The van der Waals surface area contributed by atoms with Gasteiger partial charge in [0.2, 0.25) is 0 Å². The first-order valence-corrected chi connectivity index (χ1v) is 13.2. The lowest BCUT2D eigenvalue weighted by molar-refractivity contribution is -0.163. The van der Waals surface area contributed by atoms with E-state index in [0.29, 0.717) is 0 Å². The maximum atomic E-state index is 12.7. The number of alkyl halides is 15. The Balaban J connectivity index is 3.90. The fraction of sp³-hybridized carbons (Fsp3) is 1.00. The van der Waals surface area contributed by atoms with Gasteiger partial charge in [0.1, 0.15) is 0 Å². The van der Waals surface area contributed by atoms with E-state index in [4.69, 9.17) is 5.50 Å². The summed E-state index contributed by atoms with van der Waals surface area (Å²) in [4.78, 5) is 0. The van der Waals surface area contributed by atoms with Crippen LogP contribution in [-0.2, 0) is 22.6 Å². The van der Waals surface area contributed by atoms with Gasteiger partial charge in [0, 0.05) is 0 Å². The summed E-state index contributed by atoms with van der Waals surface area (Å²) in [5.41, 5.74) is 5.28. The van der Waals surface area contributed by atoms with Crippen LogP contribution in [0.5, 0.6) is 0 Å². The quantitative estimate of drug-likeness (QED) is 0.193. The average molecular weight is 646 g/mol. The van der Waals surface area contributed by atoms with Gasteiger partial charge in [0.15, 0.2) is 33.0 Å². The van der Waals surface area contributed by atoms with Crippen molar-refractivity contribution in [2.75, 3.05) is 33.0 Å². The van der Waals surface area contributed by atoms with Crippen molar-refractivity contribution >= 4 is 22.9 Å². The van der Waals surface area contributed by atoms with E-state index in [1.807, 2.05) is 0 Å². The Morgan fingerprint density at radius 1 is 0.405 bits per heavy atom. The summed E-state index contributed by atoms with van der Waals surface area (Å²) < 4.78 is 219. The molecule has 1 heterocycles. The van der Waals surface area contributed by atoms with Gasteiger partial charge in [-0.15, -0.1) is 4.52 Å². The molecule has 222 valence electrons. The van der Waals surface area contributed by atoms with Gasteiger partial charge in [-0.25, -0.2) is 0 Å². The first-order valence-electron chi connectivity index (χ1n) is 8.42. The normalized spacial score (nSPS) is 22.7. The lowest BCUT2D eigenvalue weighted by Gasteiger charge is -2.32. The fourth-order valence-electron chi connectivity index (χ4n) is 1.65. The maximum absolute atomic E-state index is 12.7. The van der Waals surface area contributed by atoms with E-state index >= 15 is 0 Å². The summed E-state index contributed by atoms with van der Waals surface area (Å²) in [6.07, 6.45) is -27.3. The van der Waals surface area contributed by atoms with Crippen LogP contribution < -0.4 is 5.50 Å². The third kappa shape index (κ3) is 14.4. The van der Waals surface area contributed by atoms with Gasteiger partial charge in [-0.1, -0.05) is 0 Å². The molecular formula is C10H12F15N4O5P3. The number of nitrogens with zero attached hydrogens (tertiary/aromatic N) is 3. The van der Waals surface area contributed by atoms with Gasteiger partial charge >= 0.3 is 46.2 Å². The third-order valence-corrected chi connectivity index (χ3v) is 10.8. The molecule has 0 spiro atoms. The molecular weight excluding hydrogens is 634 g/mol. The van der Waals surface area contributed by atoms with Crippen molar-refractivity contribution in [2.45, 2.75) is 30.9 Å². The van der Waals surface area contributed by atoms with Crippen molar-refractivity contribution in [3.63, 3.8) is 0 Å². The van der Waals surface area contributed by atoms with E-state index in [-0.39, 0.29) is 0 Å². The van der Waals surface area contributed by atoms with E-state index in [1.54, 1.807) is 0 Å². The van der Waals surface area contributed by atoms with E-state index in [2.05, 4.69) is 36.2 Å². The van der Waals surface area contributed by atoms with Crippen LogP contribution >= 0.6 is 22.9 Å². The summed E-state index contributed by atoms with van der Waals surface area (Å²) in [5, 5.41) is 0. The Hall–Kier alpha value is -0.600. The molecule has 0 fully saturated rings. The third-order valence-electron chi connectivity index (χ3n) is 2.71. The van der Waals surface area contributed by atoms with Crippen LogP contribution in [0.15, 0.2) is 13.5 Å². The van der Waals surface area contributed by atoms with E-state index in [9.17, 15) is 65.9 Å². The highest BCUT2D eigenvalue weighted by Gasteiger charge is 2.48. The molecule has 0 saturated heterocycles. The lowest BCUT2D eigenvalue weighted by atomic mass is 10.7. The Bertz CT molecular complexity index is 871. The van der Waals surface area contributed by atoms with E-state index in [1.165, 1.54) is 0 Å². The summed E-state index contributed by atoms with van der Waals surface area (Å²) >= 11 is 0. The zero-order valence-corrected chi connectivity index (χ0v) is 19.7. The van der Waals surface area contributed by atoms with Crippen LogP contribution in [0.1, 0.15) is 0 Å². The van der Waals surface area contributed by atoms with Gasteiger partial charge in [-0.3, -0.25) is 23.6 Å². The number of hydrogen-bond acceptors (Lipinski definition) is 9. The van der Waals surface area contributed by atoms with E-state index in [0.717, 1.165) is 0 Å². The first-order chi connectivity index (χ1) is 16.2. The van der Waals surface area contributed by atoms with Crippen LogP contribution in [0.25, 0.3) is 0 Å². The van der Waals surface area contributed by atoms with Gasteiger partial charge in [-0.2, -0.15) is 74.9 Å². The molecule has 1 atom stereocenters. The Morgan fingerprint density at radius 2 is 0.649 bits per heavy atom. The molecule has 9 nitrogen and oxygen atoms in total. The molecule has 0 amide bonds. The van der Waals surface area contributed by atoms with Gasteiger partial charge in [-0.05, 0) is 0 Å². The molecule has 2 N–H and O–H groups in total. The molecule has 0 bridgehead atoms. The highest BCUT2D eigenvalue weighted by Crippen LogP contribution is 2.78. The monoisotopic (exact) mass is 646 g/mol. The minimum absolute atomic E-state index is 2.53. The smallest absolute Gasteiger partial charge is 0.306 e. The number of rotatable bonds is 10. The molecule has 0 radical (unpaired) electrons. The lowest BCUT2D eigenvalue weighted by Crippen LogP contribution is -2.23. The Labute approximate surface area is 195 Å². The topological polar surface area (TPSA) is 109 Å². The van der Waals surface area contributed by atoms with Crippen molar-refractivity contribution < 1.29 is 88.5 Å². The molecule has 1 aliphatic rings. The van der Waals surface area contributed by atoms with Gasteiger partial charge in [0.25, 0.3) is 7.58 Å². The molecule has 27 heteroatoms. The standard InChI is InChI=1S/C10H12F15N4O5P3/c11-6(12,13)1-30-35(26)27-36(31-2-7(14,15)16,32-3-8(17,18)19)29-37(28-35,33-4-9(20,21)22)34-5-10(23,24)25/h1-5,26H2. The van der Waals surface area contributed by atoms with Crippen LogP contribution in [0.3, 0.4) is 0 Å². The predicted octanol–water partition coefficient (Wildman–Crippen LogP) is 7.69. The fourth-order valence-corrected chi connectivity index (χ4v) is 10.6. The molecule has 1 rings (SSSR count). The van der Waals surface area contributed by atoms with Crippen LogP contribution in [-0.4, -0.2) is 63.9 Å². The van der Waals surface area contributed by atoms with E-state index < -0.39 is 86.8 Å². The second-order valence-electron chi connectivity index (χ2n) is 6.28. The predicted molar refractivity (Wildman–Crippen MR) is 92.3 cm³/mol. The van der Waals surface area contributed by atoms with Crippen LogP contribution in [0.2, 0.25) is 0 Å². The van der Waals surface area contributed by atoms with Crippen molar-refractivity contribution in [2.24, 2.45) is 19.1 Å². The van der Waals surface area contributed by atoms with Gasteiger partial charge in [0.05, 0.1) is 0 Å². The molecule has 1 unspecified atom stereocenters.